The number of nitrogens with zero attached hydrogens (tertiary/aromatic N) is 1. The maximum absolute atomic E-state index is 12.5. The van der Waals surface area contributed by atoms with Gasteiger partial charge in [-0.2, -0.15) is 4.31 Å². The summed E-state index contributed by atoms with van der Waals surface area (Å²) in [5.74, 6) is -0.645. The van der Waals surface area contributed by atoms with Crippen LogP contribution >= 0.6 is 0 Å². The van der Waals surface area contributed by atoms with Crippen LogP contribution in [0, 0.1) is 0 Å². The van der Waals surface area contributed by atoms with Crippen molar-refractivity contribution in [3.63, 3.8) is 0 Å². The molecule has 5 nitrogen and oxygen atoms in total. The summed E-state index contributed by atoms with van der Waals surface area (Å²) in [4.78, 5) is 11.4. The zero-order chi connectivity index (χ0) is 16.8. The van der Waals surface area contributed by atoms with Crippen molar-refractivity contribution in [2.24, 2.45) is 0 Å². The van der Waals surface area contributed by atoms with Gasteiger partial charge in [-0.25, -0.2) is 17.2 Å². The zero-order valence-electron chi connectivity index (χ0n) is 12.6. The Morgan fingerprint density at radius 1 is 1.27 bits per heavy atom. The molecule has 0 spiro atoms. The Bertz CT molecular complexity index is 589. The monoisotopic (exact) mass is 334 g/mol. The van der Waals surface area contributed by atoms with Crippen molar-refractivity contribution >= 4 is 15.9 Å². The van der Waals surface area contributed by atoms with E-state index in [1.165, 1.54) is 31.3 Å². The molecule has 124 valence electrons. The van der Waals surface area contributed by atoms with Gasteiger partial charge in [0.05, 0.1) is 12.3 Å². The van der Waals surface area contributed by atoms with Crippen LogP contribution < -0.4 is 5.32 Å². The third kappa shape index (κ3) is 5.34. The zero-order valence-corrected chi connectivity index (χ0v) is 13.4. The Balaban J connectivity index is 2.88. The first-order valence-corrected chi connectivity index (χ1v) is 8.48. The quantitative estimate of drug-likeness (QED) is 0.789. The van der Waals surface area contributed by atoms with Gasteiger partial charge in [0.2, 0.25) is 10.0 Å². The van der Waals surface area contributed by atoms with Gasteiger partial charge in [-0.05, 0) is 24.1 Å². The van der Waals surface area contributed by atoms with Crippen molar-refractivity contribution in [3.8, 4) is 0 Å². The van der Waals surface area contributed by atoms with Crippen LogP contribution in [0.1, 0.15) is 29.3 Å². The Hall–Kier alpha value is -1.54. The molecule has 0 aliphatic carbocycles. The van der Waals surface area contributed by atoms with Crippen LogP contribution in [0.4, 0.5) is 8.78 Å². The summed E-state index contributed by atoms with van der Waals surface area (Å²) in [5.41, 5.74) is 0.852. The molecule has 1 aromatic rings. The maximum atomic E-state index is 12.5. The highest BCUT2D eigenvalue weighted by Gasteiger charge is 2.24. The molecule has 0 saturated carbocycles. The molecule has 0 aromatic heterocycles. The number of carbonyl (C=O) groups excluding carboxylic acids is 1. The highest BCUT2D eigenvalue weighted by atomic mass is 32.2. The van der Waals surface area contributed by atoms with E-state index in [1.54, 1.807) is 6.92 Å². The molecule has 8 heteroatoms. The van der Waals surface area contributed by atoms with E-state index in [9.17, 15) is 22.0 Å². The molecule has 0 saturated heterocycles. The molecule has 22 heavy (non-hydrogen) atoms. The highest BCUT2D eigenvalue weighted by Crippen LogP contribution is 2.14. The lowest BCUT2D eigenvalue weighted by Gasteiger charge is -2.21. The van der Waals surface area contributed by atoms with E-state index in [2.05, 4.69) is 5.32 Å². The maximum Gasteiger partial charge on any atom is 0.252 e. The number of amides is 1. The SMILES string of the molecule is CCCN(CC(F)F)S(=O)(=O)Cc1ccc(C(=O)NC)cc1. The second kappa shape index (κ2) is 8.19. The number of halogens is 2. The van der Waals surface area contributed by atoms with Gasteiger partial charge in [-0.15, -0.1) is 0 Å². The van der Waals surface area contributed by atoms with E-state index < -0.39 is 23.0 Å². The molecule has 0 aliphatic heterocycles. The molecule has 0 atom stereocenters. The predicted molar refractivity (Wildman–Crippen MR) is 80.3 cm³/mol. The van der Waals surface area contributed by atoms with Crippen molar-refractivity contribution in [3.05, 3.63) is 35.4 Å². The van der Waals surface area contributed by atoms with Gasteiger partial charge < -0.3 is 5.32 Å². The molecule has 0 heterocycles. The summed E-state index contributed by atoms with van der Waals surface area (Å²) in [6, 6.07) is 6.02. The fourth-order valence-electron chi connectivity index (χ4n) is 1.95. The number of sulfonamides is 1. The van der Waals surface area contributed by atoms with Crippen molar-refractivity contribution in [1.82, 2.24) is 9.62 Å². The second-order valence-corrected chi connectivity index (χ2v) is 6.75. The highest BCUT2D eigenvalue weighted by molar-refractivity contribution is 7.88. The normalized spacial score (nSPS) is 11.9. The molecular formula is C14H20F2N2O3S. The van der Waals surface area contributed by atoms with Gasteiger partial charge in [0.1, 0.15) is 0 Å². The van der Waals surface area contributed by atoms with Crippen LogP contribution in [0.2, 0.25) is 0 Å². The van der Waals surface area contributed by atoms with Gasteiger partial charge >= 0.3 is 0 Å². The molecular weight excluding hydrogens is 314 g/mol. The number of hydrogen-bond donors (Lipinski definition) is 1. The number of benzene rings is 1. The van der Waals surface area contributed by atoms with Crippen LogP contribution in [-0.2, 0) is 15.8 Å². The van der Waals surface area contributed by atoms with Crippen molar-refractivity contribution in [1.29, 1.82) is 0 Å². The van der Waals surface area contributed by atoms with Crippen LogP contribution in [-0.4, -0.2) is 45.2 Å². The number of alkyl halides is 2. The molecule has 0 unspecified atom stereocenters. The fraction of sp³-hybridized carbons (Fsp3) is 0.500. The molecule has 1 amide bonds. The first-order chi connectivity index (χ1) is 10.3. The smallest absolute Gasteiger partial charge is 0.252 e. The lowest BCUT2D eigenvalue weighted by atomic mass is 10.1. The summed E-state index contributed by atoms with van der Waals surface area (Å²) in [6.45, 7) is 0.988. The molecule has 1 N–H and O–H groups in total. The Morgan fingerprint density at radius 2 is 1.86 bits per heavy atom. The minimum Gasteiger partial charge on any atom is -0.355 e. The van der Waals surface area contributed by atoms with E-state index in [-0.39, 0.29) is 18.2 Å². The van der Waals surface area contributed by atoms with Gasteiger partial charge in [0.25, 0.3) is 12.3 Å². The van der Waals surface area contributed by atoms with Gasteiger partial charge in [-0.1, -0.05) is 19.1 Å². The Labute approximate surface area is 129 Å². The average Bonchev–Trinajstić information content (AvgIpc) is 2.46. The molecule has 0 bridgehead atoms. The fourth-order valence-corrected chi connectivity index (χ4v) is 3.54. The molecule has 1 aromatic carbocycles. The summed E-state index contributed by atoms with van der Waals surface area (Å²) < 4.78 is 50.3. The summed E-state index contributed by atoms with van der Waals surface area (Å²) in [5, 5.41) is 2.46. The minimum atomic E-state index is -3.82. The van der Waals surface area contributed by atoms with Crippen LogP contribution in [0.3, 0.4) is 0 Å². The van der Waals surface area contributed by atoms with Crippen LogP contribution in [0.25, 0.3) is 0 Å². The largest absolute Gasteiger partial charge is 0.355 e. The Kier molecular flexibility index (Phi) is 6.89. The number of rotatable bonds is 8. The first-order valence-electron chi connectivity index (χ1n) is 6.87. The third-order valence-electron chi connectivity index (χ3n) is 3.00. The summed E-state index contributed by atoms with van der Waals surface area (Å²) >= 11 is 0. The predicted octanol–water partition coefficient (Wildman–Crippen LogP) is 1.85. The van der Waals surface area contributed by atoms with Crippen molar-refractivity contribution < 1.29 is 22.0 Å². The number of hydrogen-bond acceptors (Lipinski definition) is 3. The lowest BCUT2D eigenvalue weighted by Crippen LogP contribution is -2.36. The summed E-state index contributed by atoms with van der Waals surface area (Å²) in [6.07, 6.45) is -2.25. The first kappa shape index (κ1) is 18.5. The molecule has 0 fully saturated rings. The summed E-state index contributed by atoms with van der Waals surface area (Å²) in [7, 11) is -2.32. The van der Waals surface area contributed by atoms with Crippen molar-refractivity contribution in [2.45, 2.75) is 25.5 Å². The van der Waals surface area contributed by atoms with E-state index in [0.29, 0.717) is 17.5 Å². The molecule has 1 rings (SSSR count). The van der Waals surface area contributed by atoms with Gasteiger partial charge in [0.15, 0.2) is 0 Å². The van der Waals surface area contributed by atoms with E-state index in [4.69, 9.17) is 0 Å². The molecule has 0 radical (unpaired) electrons. The topological polar surface area (TPSA) is 66.5 Å². The van der Waals surface area contributed by atoms with Crippen molar-refractivity contribution in [2.75, 3.05) is 20.1 Å². The second-order valence-electron chi connectivity index (χ2n) is 4.78. The lowest BCUT2D eigenvalue weighted by molar-refractivity contribution is 0.0963. The Morgan fingerprint density at radius 3 is 2.32 bits per heavy atom. The van der Waals surface area contributed by atoms with Gasteiger partial charge in [-0.3, -0.25) is 4.79 Å². The van der Waals surface area contributed by atoms with Crippen LogP contribution in [0.5, 0.6) is 0 Å². The average molecular weight is 334 g/mol. The number of carbonyl (C=O) groups is 1. The third-order valence-corrected chi connectivity index (χ3v) is 4.82. The van der Waals surface area contributed by atoms with E-state index in [1.807, 2.05) is 0 Å². The number of nitrogens with one attached hydrogen (secondary N) is 1. The van der Waals surface area contributed by atoms with E-state index >= 15 is 0 Å². The van der Waals surface area contributed by atoms with Crippen LogP contribution in [0.15, 0.2) is 24.3 Å². The van der Waals surface area contributed by atoms with Gasteiger partial charge in [0, 0.05) is 19.2 Å². The minimum absolute atomic E-state index is 0.0585. The van der Waals surface area contributed by atoms with E-state index in [0.717, 1.165) is 4.31 Å². The standard InChI is InChI=1S/C14H20F2N2O3S/c1-3-8-18(9-13(15)16)22(20,21)10-11-4-6-12(7-5-11)14(19)17-2/h4-7,13H,3,8-10H2,1-2H3,(H,17,19). The molecule has 0 aliphatic rings.